The fraction of sp³-hybridized carbons (Fsp3) is 0.500. The van der Waals surface area contributed by atoms with Crippen molar-refractivity contribution in [2.24, 2.45) is 5.73 Å². The second-order valence-electron chi connectivity index (χ2n) is 4.25. The molecule has 17 heavy (non-hydrogen) atoms. The molecular formula is C12H15F2NO2. The summed E-state index contributed by atoms with van der Waals surface area (Å²) in [7, 11) is 2.89. The summed E-state index contributed by atoms with van der Waals surface area (Å²) in [6, 6.07) is 2.87. The Labute approximate surface area is 98.5 Å². The monoisotopic (exact) mass is 243 g/mol. The molecule has 1 aliphatic carbocycles. The summed E-state index contributed by atoms with van der Waals surface area (Å²) in [5.74, 6) is 0.736. The third-order valence-electron chi connectivity index (χ3n) is 3.12. The van der Waals surface area contributed by atoms with Gasteiger partial charge in [-0.15, -0.1) is 0 Å². The third kappa shape index (κ3) is 2.07. The molecule has 0 heterocycles. The molecule has 0 unspecified atom stereocenters. The van der Waals surface area contributed by atoms with Gasteiger partial charge in [0.25, 0.3) is 6.43 Å². The molecule has 0 aliphatic heterocycles. The molecular weight excluding hydrogens is 228 g/mol. The van der Waals surface area contributed by atoms with E-state index in [9.17, 15) is 8.78 Å². The molecule has 0 atom stereocenters. The first kappa shape index (κ1) is 12.1. The summed E-state index contributed by atoms with van der Waals surface area (Å²) < 4.78 is 36.1. The Bertz CT molecular complexity index is 431. The highest BCUT2D eigenvalue weighted by atomic mass is 19.3. The zero-order valence-corrected chi connectivity index (χ0v) is 9.80. The van der Waals surface area contributed by atoms with Gasteiger partial charge in [0.1, 0.15) is 0 Å². The molecule has 1 fully saturated rings. The van der Waals surface area contributed by atoms with Gasteiger partial charge in [-0.3, -0.25) is 0 Å². The van der Waals surface area contributed by atoms with E-state index >= 15 is 0 Å². The number of methoxy groups -OCH3 is 2. The van der Waals surface area contributed by atoms with Crippen LogP contribution < -0.4 is 15.2 Å². The number of alkyl halides is 2. The highest BCUT2D eigenvalue weighted by molar-refractivity contribution is 5.51. The van der Waals surface area contributed by atoms with Crippen LogP contribution >= 0.6 is 0 Å². The maximum Gasteiger partial charge on any atom is 0.264 e. The van der Waals surface area contributed by atoms with Crippen molar-refractivity contribution in [1.82, 2.24) is 0 Å². The van der Waals surface area contributed by atoms with Crippen molar-refractivity contribution in [3.05, 3.63) is 23.3 Å². The van der Waals surface area contributed by atoms with Gasteiger partial charge in [0.15, 0.2) is 11.5 Å². The summed E-state index contributed by atoms with van der Waals surface area (Å²) in [6.07, 6.45) is -1.12. The number of rotatable bonds is 4. The summed E-state index contributed by atoms with van der Waals surface area (Å²) in [4.78, 5) is 0. The van der Waals surface area contributed by atoms with Crippen LogP contribution in [0.25, 0.3) is 0 Å². The highest BCUT2D eigenvalue weighted by Gasteiger charge is 2.43. The molecule has 0 radical (unpaired) electrons. The van der Waals surface area contributed by atoms with Gasteiger partial charge < -0.3 is 15.2 Å². The quantitative estimate of drug-likeness (QED) is 0.884. The number of halogens is 2. The van der Waals surface area contributed by atoms with Crippen molar-refractivity contribution in [1.29, 1.82) is 0 Å². The van der Waals surface area contributed by atoms with E-state index in [-0.39, 0.29) is 5.56 Å². The van der Waals surface area contributed by atoms with Gasteiger partial charge >= 0.3 is 0 Å². The fourth-order valence-corrected chi connectivity index (χ4v) is 1.91. The Hall–Kier alpha value is -1.36. The fourth-order valence-electron chi connectivity index (χ4n) is 1.91. The van der Waals surface area contributed by atoms with E-state index in [2.05, 4.69) is 0 Å². The van der Waals surface area contributed by atoms with Crippen LogP contribution in [0.2, 0.25) is 0 Å². The predicted octanol–water partition coefficient (Wildman–Crippen LogP) is 2.59. The standard InChI is InChI=1S/C12H15F2NO2/c1-16-9-5-7(11(13)14)8(6-10(9)17-2)12(15)3-4-12/h5-6,11H,3-4,15H2,1-2H3. The molecule has 1 saturated carbocycles. The van der Waals surface area contributed by atoms with Crippen LogP contribution in [0.4, 0.5) is 8.78 Å². The van der Waals surface area contributed by atoms with Crippen LogP contribution in [-0.4, -0.2) is 14.2 Å². The van der Waals surface area contributed by atoms with Gasteiger partial charge in [0, 0.05) is 11.1 Å². The number of nitrogens with two attached hydrogens (primary N) is 1. The Morgan fingerprint density at radius 2 is 1.71 bits per heavy atom. The lowest BCUT2D eigenvalue weighted by atomic mass is 9.98. The van der Waals surface area contributed by atoms with Gasteiger partial charge in [-0.05, 0) is 30.5 Å². The van der Waals surface area contributed by atoms with Crippen LogP contribution in [0.1, 0.15) is 30.4 Å². The minimum absolute atomic E-state index is 0.0670. The zero-order valence-electron chi connectivity index (χ0n) is 9.80. The average Bonchev–Trinajstić information content (AvgIpc) is 3.06. The van der Waals surface area contributed by atoms with Crippen molar-refractivity contribution < 1.29 is 18.3 Å². The van der Waals surface area contributed by atoms with E-state index in [4.69, 9.17) is 15.2 Å². The van der Waals surface area contributed by atoms with Gasteiger partial charge in [-0.1, -0.05) is 0 Å². The number of benzene rings is 1. The van der Waals surface area contributed by atoms with Crippen LogP contribution in [0.3, 0.4) is 0 Å². The molecule has 2 N–H and O–H groups in total. The summed E-state index contributed by atoms with van der Waals surface area (Å²) in [6.45, 7) is 0. The Kier molecular flexibility index (Phi) is 2.95. The lowest BCUT2D eigenvalue weighted by molar-refractivity contribution is 0.149. The minimum Gasteiger partial charge on any atom is -0.493 e. The second-order valence-corrected chi connectivity index (χ2v) is 4.25. The van der Waals surface area contributed by atoms with Gasteiger partial charge in [-0.2, -0.15) is 0 Å². The molecule has 0 bridgehead atoms. The Balaban J connectivity index is 2.55. The summed E-state index contributed by atoms with van der Waals surface area (Å²) in [5, 5.41) is 0. The van der Waals surface area contributed by atoms with Crippen LogP contribution in [-0.2, 0) is 5.54 Å². The zero-order chi connectivity index (χ0) is 12.6. The Morgan fingerprint density at radius 3 is 2.12 bits per heavy atom. The molecule has 94 valence electrons. The molecule has 2 rings (SSSR count). The molecule has 0 spiro atoms. The van der Waals surface area contributed by atoms with Crippen molar-refractivity contribution >= 4 is 0 Å². The maximum atomic E-state index is 13.0. The predicted molar refractivity (Wildman–Crippen MR) is 59.6 cm³/mol. The molecule has 1 aromatic rings. The van der Waals surface area contributed by atoms with E-state index < -0.39 is 12.0 Å². The van der Waals surface area contributed by atoms with Crippen LogP contribution in [0, 0.1) is 0 Å². The van der Waals surface area contributed by atoms with Gasteiger partial charge in [0.05, 0.1) is 14.2 Å². The number of hydrogen-bond donors (Lipinski definition) is 1. The molecule has 0 aromatic heterocycles. The first-order valence-corrected chi connectivity index (χ1v) is 5.35. The second kappa shape index (κ2) is 4.14. The summed E-state index contributed by atoms with van der Waals surface area (Å²) in [5.41, 5.74) is 5.77. The molecule has 0 saturated heterocycles. The molecule has 1 aliphatic rings. The lowest BCUT2D eigenvalue weighted by Gasteiger charge is -2.18. The van der Waals surface area contributed by atoms with Crippen molar-refractivity contribution in [2.45, 2.75) is 24.8 Å². The van der Waals surface area contributed by atoms with Gasteiger partial charge in [0.2, 0.25) is 0 Å². The minimum atomic E-state index is -2.56. The average molecular weight is 243 g/mol. The van der Waals surface area contributed by atoms with Crippen molar-refractivity contribution in [3.63, 3.8) is 0 Å². The van der Waals surface area contributed by atoms with E-state index in [1.807, 2.05) is 0 Å². The van der Waals surface area contributed by atoms with Crippen molar-refractivity contribution in [3.8, 4) is 11.5 Å². The third-order valence-corrected chi connectivity index (χ3v) is 3.12. The van der Waals surface area contributed by atoms with Crippen LogP contribution in [0.5, 0.6) is 11.5 Å². The summed E-state index contributed by atoms with van der Waals surface area (Å²) >= 11 is 0. The van der Waals surface area contributed by atoms with Gasteiger partial charge in [-0.25, -0.2) is 8.78 Å². The lowest BCUT2D eigenvalue weighted by Crippen LogP contribution is -2.21. The first-order valence-electron chi connectivity index (χ1n) is 5.35. The normalized spacial score (nSPS) is 17.1. The van der Waals surface area contributed by atoms with Crippen molar-refractivity contribution in [2.75, 3.05) is 14.2 Å². The highest BCUT2D eigenvalue weighted by Crippen LogP contribution is 2.48. The number of hydrogen-bond acceptors (Lipinski definition) is 3. The largest absolute Gasteiger partial charge is 0.493 e. The van der Waals surface area contributed by atoms with Crippen LogP contribution in [0.15, 0.2) is 12.1 Å². The molecule has 1 aromatic carbocycles. The molecule has 5 heteroatoms. The molecule has 0 amide bonds. The SMILES string of the molecule is COc1cc(C(F)F)c(C2(N)CC2)cc1OC. The smallest absolute Gasteiger partial charge is 0.264 e. The topological polar surface area (TPSA) is 44.5 Å². The maximum absolute atomic E-state index is 13.0. The molecule has 3 nitrogen and oxygen atoms in total. The first-order chi connectivity index (χ1) is 8.01. The van der Waals surface area contributed by atoms with E-state index in [0.29, 0.717) is 17.1 Å². The Morgan fingerprint density at radius 1 is 1.18 bits per heavy atom. The van der Waals surface area contributed by atoms with E-state index in [1.54, 1.807) is 6.07 Å². The van der Waals surface area contributed by atoms with E-state index in [0.717, 1.165) is 12.8 Å². The number of ether oxygens (including phenoxy) is 2. The van der Waals surface area contributed by atoms with E-state index in [1.165, 1.54) is 20.3 Å².